The van der Waals surface area contributed by atoms with Gasteiger partial charge in [-0.3, -0.25) is 14.5 Å². The number of carbonyl (C=O) groups is 2. The molecule has 1 aliphatic rings. The normalized spacial score (nSPS) is 18.9. The molecule has 7 heteroatoms. The summed E-state index contributed by atoms with van der Waals surface area (Å²) in [6.07, 6.45) is 1.03. The summed E-state index contributed by atoms with van der Waals surface area (Å²) in [7, 11) is 1.64. The summed E-state index contributed by atoms with van der Waals surface area (Å²) < 4.78 is 5.14. The summed E-state index contributed by atoms with van der Waals surface area (Å²) in [6.45, 7) is 9.72. The molecule has 1 atom stereocenters. The molecule has 7 nitrogen and oxygen atoms in total. The Bertz CT molecular complexity index is 577. The Labute approximate surface area is 143 Å². The third-order valence-corrected chi connectivity index (χ3v) is 4.76. The smallest absolute Gasteiger partial charge is 0.238 e. The highest BCUT2D eigenvalue weighted by Crippen LogP contribution is 2.18. The summed E-state index contributed by atoms with van der Waals surface area (Å²) in [6, 6.07) is -0.0152. The van der Waals surface area contributed by atoms with Gasteiger partial charge in [-0.2, -0.15) is 0 Å². The second-order valence-electron chi connectivity index (χ2n) is 6.60. The SMILES string of the molecule is CNC(=O)[C@H]1CN(C(=O)CCc2c(C)noc2C)CCN1C(C)C. The molecule has 0 bridgehead atoms. The molecule has 134 valence electrons. The van der Waals surface area contributed by atoms with Crippen LogP contribution in [0.1, 0.15) is 37.3 Å². The summed E-state index contributed by atoms with van der Waals surface area (Å²) in [4.78, 5) is 28.7. The first-order valence-corrected chi connectivity index (χ1v) is 8.52. The van der Waals surface area contributed by atoms with Gasteiger partial charge in [-0.25, -0.2) is 0 Å². The highest BCUT2D eigenvalue weighted by Gasteiger charge is 2.34. The fourth-order valence-corrected chi connectivity index (χ4v) is 3.29. The van der Waals surface area contributed by atoms with Crippen molar-refractivity contribution < 1.29 is 14.1 Å². The van der Waals surface area contributed by atoms with Gasteiger partial charge in [0.1, 0.15) is 11.8 Å². The van der Waals surface area contributed by atoms with Gasteiger partial charge in [-0.15, -0.1) is 0 Å². The number of piperazine rings is 1. The van der Waals surface area contributed by atoms with Crippen LogP contribution in [0.3, 0.4) is 0 Å². The van der Waals surface area contributed by atoms with Crippen LogP contribution in [0, 0.1) is 13.8 Å². The zero-order chi connectivity index (χ0) is 17.9. The van der Waals surface area contributed by atoms with Crippen molar-refractivity contribution in [2.75, 3.05) is 26.7 Å². The molecule has 2 heterocycles. The van der Waals surface area contributed by atoms with Gasteiger partial charge in [-0.1, -0.05) is 5.16 Å². The predicted octanol–water partition coefficient (Wildman–Crippen LogP) is 0.891. The topological polar surface area (TPSA) is 78.7 Å². The van der Waals surface area contributed by atoms with Crippen LogP contribution in [0.2, 0.25) is 0 Å². The number of aryl methyl sites for hydroxylation is 2. The van der Waals surface area contributed by atoms with E-state index >= 15 is 0 Å². The summed E-state index contributed by atoms with van der Waals surface area (Å²) >= 11 is 0. The lowest BCUT2D eigenvalue weighted by Crippen LogP contribution is -2.61. The third kappa shape index (κ3) is 3.95. The second-order valence-corrected chi connectivity index (χ2v) is 6.60. The molecule has 0 saturated carbocycles. The maximum absolute atomic E-state index is 12.6. The first kappa shape index (κ1) is 18.4. The number of aromatic nitrogens is 1. The Hall–Kier alpha value is -1.89. The van der Waals surface area contributed by atoms with Crippen LogP contribution in [-0.2, 0) is 16.0 Å². The van der Waals surface area contributed by atoms with Gasteiger partial charge in [0.25, 0.3) is 0 Å². The Morgan fingerprint density at radius 2 is 2.04 bits per heavy atom. The zero-order valence-electron chi connectivity index (χ0n) is 15.3. The maximum Gasteiger partial charge on any atom is 0.238 e. The molecule has 1 aromatic heterocycles. The Balaban J connectivity index is 1.99. The van der Waals surface area contributed by atoms with E-state index in [-0.39, 0.29) is 23.9 Å². The number of nitrogens with zero attached hydrogens (tertiary/aromatic N) is 3. The number of likely N-dealkylation sites (N-methyl/N-ethyl adjacent to an activating group) is 1. The first-order valence-electron chi connectivity index (χ1n) is 8.52. The molecule has 0 aliphatic carbocycles. The summed E-state index contributed by atoms with van der Waals surface area (Å²) in [5, 5.41) is 6.63. The van der Waals surface area contributed by atoms with E-state index in [1.807, 2.05) is 13.8 Å². The van der Waals surface area contributed by atoms with Crippen LogP contribution in [-0.4, -0.2) is 65.5 Å². The molecule has 2 amide bonds. The van der Waals surface area contributed by atoms with Crippen LogP contribution in [0.4, 0.5) is 0 Å². The molecule has 0 unspecified atom stereocenters. The van der Waals surface area contributed by atoms with Gasteiger partial charge in [0.05, 0.1) is 5.69 Å². The molecular formula is C17H28N4O3. The van der Waals surface area contributed by atoms with Crippen LogP contribution in [0.5, 0.6) is 0 Å². The van der Waals surface area contributed by atoms with Gasteiger partial charge in [-0.05, 0) is 34.1 Å². The van der Waals surface area contributed by atoms with Crippen LogP contribution < -0.4 is 5.32 Å². The number of nitrogens with one attached hydrogen (secondary N) is 1. The largest absolute Gasteiger partial charge is 0.361 e. The molecule has 1 saturated heterocycles. The standard InChI is InChI=1S/C17H28N4O3/c1-11(2)21-9-8-20(10-15(21)17(23)18-5)16(22)7-6-14-12(3)19-24-13(14)4/h11,15H,6-10H2,1-5H3,(H,18,23)/t15-/m1/s1. The van der Waals surface area contributed by atoms with E-state index in [2.05, 4.69) is 29.2 Å². The monoisotopic (exact) mass is 336 g/mol. The fourth-order valence-electron chi connectivity index (χ4n) is 3.29. The number of carbonyl (C=O) groups excluding carboxylic acids is 2. The van der Waals surface area contributed by atoms with Gasteiger partial charge < -0.3 is 14.7 Å². The van der Waals surface area contributed by atoms with E-state index in [0.717, 1.165) is 17.0 Å². The molecule has 1 aromatic rings. The van der Waals surface area contributed by atoms with Crippen LogP contribution >= 0.6 is 0 Å². The minimum atomic E-state index is -0.285. The van der Waals surface area contributed by atoms with Crippen LogP contribution in [0.25, 0.3) is 0 Å². The van der Waals surface area contributed by atoms with E-state index in [0.29, 0.717) is 32.5 Å². The Morgan fingerprint density at radius 1 is 1.33 bits per heavy atom. The molecule has 1 aliphatic heterocycles. The van der Waals surface area contributed by atoms with Crippen molar-refractivity contribution in [1.82, 2.24) is 20.3 Å². The minimum Gasteiger partial charge on any atom is -0.361 e. The van der Waals surface area contributed by atoms with E-state index in [9.17, 15) is 9.59 Å². The number of amides is 2. The predicted molar refractivity (Wildman–Crippen MR) is 90.6 cm³/mol. The van der Waals surface area contributed by atoms with Crippen molar-refractivity contribution in [3.8, 4) is 0 Å². The molecule has 1 fully saturated rings. The molecule has 0 spiro atoms. The zero-order valence-corrected chi connectivity index (χ0v) is 15.3. The van der Waals surface area contributed by atoms with Crippen molar-refractivity contribution >= 4 is 11.8 Å². The van der Waals surface area contributed by atoms with E-state index < -0.39 is 0 Å². The van der Waals surface area contributed by atoms with Gasteiger partial charge in [0, 0.05) is 44.7 Å². The van der Waals surface area contributed by atoms with Crippen molar-refractivity contribution in [3.63, 3.8) is 0 Å². The molecule has 2 rings (SSSR count). The lowest BCUT2D eigenvalue weighted by molar-refractivity contribution is -0.138. The number of hydrogen-bond acceptors (Lipinski definition) is 5. The van der Waals surface area contributed by atoms with Gasteiger partial charge in [0.2, 0.25) is 11.8 Å². The maximum atomic E-state index is 12.6. The summed E-state index contributed by atoms with van der Waals surface area (Å²) in [5.74, 6) is 0.812. The van der Waals surface area contributed by atoms with Gasteiger partial charge >= 0.3 is 0 Å². The number of hydrogen-bond donors (Lipinski definition) is 1. The van der Waals surface area contributed by atoms with E-state index in [4.69, 9.17) is 4.52 Å². The van der Waals surface area contributed by atoms with E-state index in [1.165, 1.54) is 0 Å². The lowest BCUT2D eigenvalue weighted by Gasteiger charge is -2.42. The highest BCUT2D eigenvalue weighted by molar-refractivity contribution is 5.83. The Morgan fingerprint density at radius 3 is 2.58 bits per heavy atom. The first-order chi connectivity index (χ1) is 11.3. The van der Waals surface area contributed by atoms with Crippen molar-refractivity contribution in [3.05, 3.63) is 17.0 Å². The third-order valence-electron chi connectivity index (χ3n) is 4.76. The minimum absolute atomic E-state index is 0.0353. The van der Waals surface area contributed by atoms with Gasteiger partial charge in [0.15, 0.2) is 0 Å². The Kier molecular flexibility index (Phi) is 5.99. The average molecular weight is 336 g/mol. The molecule has 1 N–H and O–H groups in total. The second kappa shape index (κ2) is 7.79. The van der Waals surface area contributed by atoms with Crippen molar-refractivity contribution in [2.24, 2.45) is 0 Å². The quantitative estimate of drug-likeness (QED) is 0.864. The molecule has 0 aromatic carbocycles. The molecular weight excluding hydrogens is 308 g/mol. The highest BCUT2D eigenvalue weighted by atomic mass is 16.5. The van der Waals surface area contributed by atoms with Crippen molar-refractivity contribution in [1.29, 1.82) is 0 Å². The van der Waals surface area contributed by atoms with Crippen molar-refractivity contribution in [2.45, 2.75) is 52.6 Å². The summed E-state index contributed by atoms with van der Waals surface area (Å²) in [5.41, 5.74) is 1.85. The van der Waals surface area contributed by atoms with Crippen LogP contribution in [0.15, 0.2) is 4.52 Å². The van der Waals surface area contributed by atoms with E-state index in [1.54, 1.807) is 11.9 Å². The molecule has 0 radical (unpaired) electrons. The average Bonchev–Trinajstić information content (AvgIpc) is 2.89. The lowest BCUT2D eigenvalue weighted by atomic mass is 10.1. The fraction of sp³-hybridized carbons (Fsp3) is 0.706. The molecule has 24 heavy (non-hydrogen) atoms. The number of rotatable bonds is 5.